The molecular formula is C6H13N3. The first-order valence-electron chi connectivity index (χ1n) is 3.19. The molecule has 0 unspecified atom stereocenters. The standard InChI is InChI=1S/C6H13N3/c7-3-1-5-9-6-2-4-8/h9H,1-3,5-7H2. The van der Waals surface area contributed by atoms with Gasteiger partial charge in [0.15, 0.2) is 0 Å². The Morgan fingerprint density at radius 2 is 2.22 bits per heavy atom. The molecule has 0 aromatic rings. The summed E-state index contributed by atoms with van der Waals surface area (Å²) in [6.45, 7) is 2.44. The Labute approximate surface area is 55.8 Å². The van der Waals surface area contributed by atoms with Crippen molar-refractivity contribution in [3.8, 4) is 6.07 Å². The summed E-state index contributed by atoms with van der Waals surface area (Å²) in [5.41, 5.74) is 5.24. The van der Waals surface area contributed by atoms with E-state index in [0.29, 0.717) is 6.42 Å². The van der Waals surface area contributed by atoms with Crippen molar-refractivity contribution in [2.24, 2.45) is 5.73 Å². The molecule has 0 aliphatic heterocycles. The lowest BCUT2D eigenvalue weighted by Crippen LogP contribution is -2.18. The average Bonchev–Trinajstić information content (AvgIpc) is 1.89. The van der Waals surface area contributed by atoms with Gasteiger partial charge in [0.1, 0.15) is 0 Å². The van der Waals surface area contributed by atoms with Crippen LogP contribution in [0.1, 0.15) is 12.8 Å². The summed E-state index contributed by atoms with van der Waals surface area (Å²) in [7, 11) is 0. The van der Waals surface area contributed by atoms with Gasteiger partial charge in [-0.25, -0.2) is 0 Å². The molecule has 0 fully saturated rings. The van der Waals surface area contributed by atoms with Crippen LogP contribution in [0.3, 0.4) is 0 Å². The van der Waals surface area contributed by atoms with Crippen molar-refractivity contribution in [2.45, 2.75) is 12.8 Å². The van der Waals surface area contributed by atoms with Crippen molar-refractivity contribution in [1.29, 1.82) is 5.26 Å². The van der Waals surface area contributed by atoms with E-state index in [1.54, 1.807) is 0 Å². The summed E-state index contributed by atoms with van der Waals surface area (Å²) in [4.78, 5) is 0. The highest BCUT2D eigenvalue weighted by atomic mass is 14.8. The van der Waals surface area contributed by atoms with Gasteiger partial charge in [-0.3, -0.25) is 0 Å². The molecule has 0 rings (SSSR count). The van der Waals surface area contributed by atoms with Gasteiger partial charge in [-0.2, -0.15) is 5.26 Å². The van der Waals surface area contributed by atoms with E-state index in [-0.39, 0.29) is 0 Å². The molecular weight excluding hydrogens is 114 g/mol. The number of nitrogens with one attached hydrogen (secondary N) is 1. The molecule has 0 aromatic heterocycles. The van der Waals surface area contributed by atoms with Crippen molar-refractivity contribution in [3.63, 3.8) is 0 Å². The molecule has 3 heteroatoms. The molecule has 0 aliphatic rings. The molecule has 0 atom stereocenters. The average molecular weight is 127 g/mol. The Balaban J connectivity index is 2.69. The number of nitriles is 1. The minimum absolute atomic E-state index is 0.588. The topological polar surface area (TPSA) is 61.8 Å². The van der Waals surface area contributed by atoms with Gasteiger partial charge in [-0.15, -0.1) is 0 Å². The number of nitrogens with two attached hydrogens (primary N) is 1. The SMILES string of the molecule is N#CCCNCCCN. The van der Waals surface area contributed by atoms with Gasteiger partial charge >= 0.3 is 0 Å². The Kier molecular flexibility index (Phi) is 6.92. The third-order valence-electron chi connectivity index (χ3n) is 0.971. The zero-order chi connectivity index (χ0) is 6.95. The monoisotopic (exact) mass is 127 g/mol. The molecule has 0 amide bonds. The van der Waals surface area contributed by atoms with Gasteiger partial charge in [0, 0.05) is 13.0 Å². The summed E-state index contributed by atoms with van der Waals surface area (Å²) in [5.74, 6) is 0. The number of hydrogen-bond donors (Lipinski definition) is 2. The van der Waals surface area contributed by atoms with Crippen LogP contribution in [0.2, 0.25) is 0 Å². The largest absolute Gasteiger partial charge is 0.330 e. The lowest BCUT2D eigenvalue weighted by Gasteiger charge is -1.97. The van der Waals surface area contributed by atoms with Crippen LogP contribution in [0, 0.1) is 11.3 Å². The Morgan fingerprint density at radius 1 is 1.44 bits per heavy atom. The molecule has 9 heavy (non-hydrogen) atoms. The third kappa shape index (κ3) is 7.41. The number of rotatable bonds is 5. The van der Waals surface area contributed by atoms with Crippen LogP contribution in [0.4, 0.5) is 0 Å². The first-order chi connectivity index (χ1) is 4.41. The molecule has 3 nitrogen and oxygen atoms in total. The minimum atomic E-state index is 0.588. The Hall–Kier alpha value is -0.590. The van der Waals surface area contributed by atoms with Crippen LogP contribution in [0.5, 0.6) is 0 Å². The van der Waals surface area contributed by atoms with Crippen LogP contribution in [-0.4, -0.2) is 19.6 Å². The first kappa shape index (κ1) is 8.41. The predicted molar refractivity (Wildman–Crippen MR) is 36.8 cm³/mol. The summed E-state index contributed by atoms with van der Waals surface area (Å²) in [6, 6.07) is 2.05. The van der Waals surface area contributed by atoms with Crippen molar-refractivity contribution in [1.82, 2.24) is 5.32 Å². The van der Waals surface area contributed by atoms with E-state index in [1.807, 2.05) is 0 Å². The van der Waals surface area contributed by atoms with E-state index in [9.17, 15) is 0 Å². The summed E-state index contributed by atoms with van der Waals surface area (Å²) < 4.78 is 0. The fraction of sp³-hybridized carbons (Fsp3) is 0.833. The van der Waals surface area contributed by atoms with Gasteiger partial charge in [0.25, 0.3) is 0 Å². The van der Waals surface area contributed by atoms with Crippen molar-refractivity contribution in [2.75, 3.05) is 19.6 Å². The molecule has 0 radical (unpaired) electrons. The predicted octanol–water partition coefficient (Wildman–Crippen LogP) is -0.162. The quantitative estimate of drug-likeness (QED) is 0.504. The molecule has 3 N–H and O–H groups in total. The molecule has 0 spiro atoms. The van der Waals surface area contributed by atoms with Crippen molar-refractivity contribution in [3.05, 3.63) is 0 Å². The second-order valence-electron chi connectivity index (χ2n) is 1.80. The maximum absolute atomic E-state index is 8.11. The zero-order valence-electron chi connectivity index (χ0n) is 5.56. The Morgan fingerprint density at radius 3 is 2.78 bits per heavy atom. The van der Waals surface area contributed by atoms with Crippen LogP contribution in [-0.2, 0) is 0 Å². The first-order valence-corrected chi connectivity index (χ1v) is 3.19. The van der Waals surface area contributed by atoms with Crippen molar-refractivity contribution < 1.29 is 0 Å². The molecule has 0 saturated carbocycles. The van der Waals surface area contributed by atoms with E-state index in [0.717, 1.165) is 26.1 Å². The fourth-order valence-corrected chi connectivity index (χ4v) is 0.496. The molecule has 0 aliphatic carbocycles. The third-order valence-corrected chi connectivity index (χ3v) is 0.971. The summed E-state index contributed by atoms with van der Waals surface area (Å²) in [5, 5.41) is 11.2. The molecule has 0 saturated heterocycles. The van der Waals surface area contributed by atoms with E-state index in [2.05, 4.69) is 11.4 Å². The number of nitrogens with zero attached hydrogens (tertiary/aromatic N) is 1. The summed E-state index contributed by atoms with van der Waals surface area (Å²) >= 11 is 0. The molecule has 0 heterocycles. The lowest BCUT2D eigenvalue weighted by molar-refractivity contribution is 0.661. The second-order valence-corrected chi connectivity index (χ2v) is 1.80. The zero-order valence-corrected chi connectivity index (χ0v) is 5.56. The van der Waals surface area contributed by atoms with E-state index < -0.39 is 0 Å². The number of hydrogen-bond acceptors (Lipinski definition) is 3. The Bertz CT molecular complexity index is 84.8. The van der Waals surface area contributed by atoms with Crippen LogP contribution in [0.25, 0.3) is 0 Å². The van der Waals surface area contributed by atoms with Gasteiger partial charge in [0.05, 0.1) is 6.07 Å². The highest BCUT2D eigenvalue weighted by molar-refractivity contribution is 4.69. The van der Waals surface area contributed by atoms with Gasteiger partial charge in [-0.1, -0.05) is 0 Å². The second kappa shape index (κ2) is 7.41. The van der Waals surface area contributed by atoms with Gasteiger partial charge in [-0.05, 0) is 19.5 Å². The molecule has 0 aromatic carbocycles. The van der Waals surface area contributed by atoms with Gasteiger partial charge < -0.3 is 11.1 Å². The highest BCUT2D eigenvalue weighted by Crippen LogP contribution is 1.72. The van der Waals surface area contributed by atoms with E-state index in [1.165, 1.54) is 0 Å². The van der Waals surface area contributed by atoms with Crippen LogP contribution < -0.4 is 11.1 Å². The smallest absolute Gasteiger partial charge is 0.0635 e. The van der Waals surface area contributed by atoms with Crippen LogP contribution in [0.15, 0.2) is 0 Å². The maximum Gasteiger partial charge on any atom is 0.0635 e. The normalized spacial score (nSPS) is 8.89. The summed E-state index contributed by atoms with van der Waals surface area (Å²) in [6.07, 6.45) is 1.58. The highest BCUT2D eigenvalue weighted by Gasteiger charge is 1.83. The molecule has 0 bridgehead atoms. The van der Waals surface area contributed by atoms with E-state index >= 15 is 0 Å². The fourth-order valence-electron chi connectivity index (χ4n) is 0.496. The van der Waals surface area contributed by atoms with Gasteiger partial charge in [0.2, 0.25) is 0 Å². The van der Waals surface area contributed by atoms with Crippen molar-refractivity contribution >= 4 is 0 Å². The maximum atomic E-state index is 8.11. The van der Waals surface area contributed by atoms with Crippen LogP contribution >= 0.6 is 0 Å². The lowest BCUT2D eigenvalue weighted by atomic mass is 10.4. The molecule has 52 valence electrons. The van der Waals surface area contributed by atoms with E-state index in [4.69, 9.17) is 11.0 Å². The minimum Gasteiger partial charge on any atom is -0.330 e.